The molecule has 82 heavy (non-hydrogen) atoms. The minimum Gasteiger partial charge on any atom is -0.375 e. The van der Waals surface area contributed by atoms with Gasteiger partial charge in [-0.1, -0.05) is 218 Å². The van der Waals surface area contributed by atoms with Gasteiger partial charge in [0.1, 0.15) is 0 Å². The topological polar surface area (TPSA) is 86.7 Å². The van der Waals surface area contributed by atoms with Crippen LogP contribution in [-0.2, 0) is 20.2 Å². The van der Waals surface area contributed by atoms with Crippen LogP contribution in [0.2, 0.25) is 0 Å². The predicted molar refractivity (Wildman–Crippen MR) is 316 cm³/mol. The van der Waals surface area contributed by atoms with Crippen LogP contribution in [0.3, 0.4) is 0 Å². The normalized spacial score (nSPS) is 12.1. The van der Waals surface area contributed by atoms with Gasteiger partial charge in [0.2, 0.25) is 0 Å². The predicted octanol–water partition coefficient (Wildman–Crippen LogP) is 19.1. The van der Waals surface area contributed by atoms with E-state index in [2.05, 4.69) is 135 Å². The van der Waals surface area contributed by atoms with Crippen LogP contribution in [0.25, 0.3) is 110 Å². The fourth-order valence-electron chi connectivity index (χ4n) is 10.7. The van der Waals surface area contributed by atoms with Crippen molar-refractivity contribution >= 4 is 63.3 Å². The van der Waals surface area contributed by atoms with Gasteiger partial charge in [0, 0.05) is 22.3 Å². The smallest absolute Gasteiger partial charge is 0.375 e. The Kier molecular flexibility index (Phi) is 14.5. The van der Waals surface area contributed by atoms with Crippen molar-refractivity contribution in [3.63, 3.8) is 0 Å². The summed E-state index contributed by atoms with van der Waals surface area (Å²) in [4.78, 5) is 0. The second kappa shape index (κ2) is 21.7. The second-order valence-corrected chi connectivity index (χ2v) is 22.5. The van der Waals surface area contributed by atoms with E-state index in [9.17, 15) is 43.2 Å². The number of alkyl halides is 6. The van der Waals surface area contributed by atoms with Gasteiger partial charge in [-0.2, -0.15) is 43.2 Å². The Morgan fingerprint density at radius 2 is 0.512 bits per heavy atom. The van der Waals surface area contributed by atoms with Crippen LogP contribution in [0.4, 0.5) is 26.3 Å². The van der Waals surface area contributed by atoms with Crippen molar-refractivity contribution in [1.29, 1.82) is 0 Å². The van der Waals surface area contributed by atoms with E-state index in [1.54, 1.807) is 36.4 Å². The van der Waals surface area contributed by atoms with Crippen LogP contribution in [0, 0.1) is 13.8 Å². The molecule has 14 heteroatoms. The number of rotatable bonds is 10. The molecule has 408 valence electrons. The highest BCUT2D eigenvalue weighted by atomic mass is 32.2. The number of benzene rings is 12. The molecule has 0 saturated carbocycles. The number of hydrogen-bond acceptors (Lipinski definition) is 6. The highest BCUT2D eigenvalue weighted by Gasteiger charge is 2.51. The van der Waals surface area contributed by atoms with Crippen LogP contribution in [-0.4, -0.2) is 27.9 Å². The molecule has 0 fully saturated rings. The van der Waals surface area contributed by atoms with E-state index < -0.39 is 53.9 Å². The summed E-state index contributed by atoms with van der Waals surface area (Å²) in [5.41, 5.74) is -2.33. The average Bonchev–Trinajstić information content (AvgIpc) is 3.39. The molecule has 0 spiro atoms. The molecule has 0 saturated heterocycles. The van der Waals surface area contributed by atoms with E-state index in [-0.39, 0.29) is 33.0 Å². The highest BCUT2D eigenvalue weighted by molar-refractivity contribution is 7.88. The first-order chi connectivity index (χ1) is 39.3. The van der Waals surface area contributed by atoms with Crippen LogP contribution in [0.1, 0.15) is 11.1 Å². The third-order valence-corrected chi connectivity index (χ3v) is 16.3. The molecule has 12 aromatic rings. The Bertz CT molecular complexity index is 4340. The van der Waals surface area contributed by atoms with Gasteiger partial charge in [-0.15, -0.1) is 0 Å². The molecular formula is C68H46F6O6S2. The molecule has 6 nitrogen and oxygen atoms in total. The summed E-state index contributed by atoms with van der Waals surface area (Å²) >= 11 is 0. The number of fused-ring (bicyclic) bond motifs is 4. The maximum absolute atomic E-state index is 13.9. The second-order valence-electron chi connectivity index (χ2n) is 19.4. The Labute approximate surface area is 469 Å². The van der Waals surface area contributed by atoms with Gasteiger partial charge in [-0.05, 0) is 137 Å². The first-order valence-corrected chi connectivity index (χ1v) is 28.5. The van der Waals surface area contributed by atoms with Crippen LogP contribution in [0.15, 0.2) is 243 Å². The number of hydrogen-bond donors (Lipinski definition) is 0. The van der Waals surface area contributed by atoms with E-state index in [1.807, 2.05) is 0 Å². The van der Waals surface area contributed by atoms with Gasteiger partial charge >= 0.3 is 31.3 Å². The zero-order chi connectivity index (χ0) is 57.6. The van der Waals surface area contributed by atoms with E-state index >= 15 is 0 Å². The molecule has 0 atom stereocenters. The molecule has 0 aliphatic heterocycles. The lowest BCUT2D eigenvalue weighted by atomic mass is 9.82. The molecule has 0 aromatic heterocycles. The van der Waals surface area contributed by atoms with Gasteiger partial charge in [0.05, 0.1) is 0 Å². The molecule has 0 N–H and O–H groups in total. The van der Waals surface area contributed by atoms with E-state index in [0.717, 1.165) is 0 Å². The Hall–Kier alpha value is -9.24. The summed E-state index contributed by atoms with van der Waals surface area (Å²) in [7, 11) is -12.8. The van der Waals surface area contributed by atoms with Gasteiger partial charge in [-0.25, -0.2) is 0 Å². The largest absolute Gasteiger partial charge is 0.534 e. The zero-order valence-electron chi connectivity index (χ0n) is 43.6. The van der Waals surface area contributed by atoms with Gasteiger partial charge in [-0.3, -0.25) is 0 Å². The van der Waals surface area contributed by atoms with Gasteiger partial charge < -0.3 is 8.37 Å². The molecule has 0 aliphatic carbocycles. The van der Waals surface area contributed by atoms with E-state index in [1.165, 1.54) is 151 Å². The summed E-state index contributed by atoms with van der Waals surface area (Å²) in [6, 6.07) is 73.7. The van der Waals surface area contributed by atoms with E-state index in [0.29, 0.717) is 10.8 Å². The molecule has 12 rings (SSSR count). The third kappa shape index (κ3) is 10.3. The van der Waals surface area contributed by atoms with Crippen LogP contribution in [0.5, 0.6) is 11.5 Å². The lowest BCUT2D eigenvalue weighted by Crippen LogP contribution is -2.29. The zero-order valence-corrected chi connectivity index (χ0v) is 45.3. The molecule has 0 bridgehead atoms. The lowest BCUT2D eigenvalue weighted by Gasteiger charge is -2.24. The molecule has 0 aliphatic rings. The molecule has 0 radical (unpaired) electrons. The van der Waals surface area contributed by atoms with Gasteiger partial charge in [0.25, 0.3) is 0 Å². The van der Waals surface area contributed by atoms with Crippen molar-refractivity contribution in [2.75, 3.05) is 0 Å². The summed E-state index contributed by atoms with van der Waals surface area (Å²) in [6.07, 6.45) is 0. The van der Waals surface area contributed by atoms with Crippen molar-refractivity contribution in [1.82, 2.24) is 0 Å². The standard InChI is InChI=1S/C34H20F6O6S2.C34H26/c35-33(36,37)47(41,42)45-31-27(21-11-3-1-4-12-21)19-23-15-7-9-17-25(23)29(31)30-26-18-10-8-16-24(26)20-28(22-13-5-2-6-14-22)32(30)46-48(43,44)34(38,39)40;1-23-31(25-13-5-3-6-14-25)21-27-17-9-11-19-29(27)33(23)34-24(2)32(26-15-7-4-8-16-26)22-28-18-10-12-20-30(28)34/h1-20H;3-22H,1-2H3. The number of halogens is 6. The highest BCUT2D eigenvalue weighted by Crippen LogP contribution is 2.54. The van der Waals surface area contributed by atoms with Crippen molar-refractivity contribution in [2.45, 2.75) is 24.9 Å². The van der Waals surface area contributed by atoms with Crippen LogP contribution >= 0.6 is 0 Å². The van der Waals surface area contributed by atoms with Crippen LogP contribution < -0.4 is 8.37 Å². The molecule has 0 unspecified atom stereocenters. The molecule has 0 heterocycles. The van der Waals surface area contributed by atoms with Gasteiger partial charge in [0.15, 0.2) is 11.5 Å². The fraction of sp³-hybridized carbons (Fsp3) is 0.0588. The SMILES string of the molecule is Cc1c(-c2ccccc2)cc2ccccc2c1-c1c(C)c(-c2ccccc2)cc2ccccc12.O=S(=O)(Oc1c(-c2ccccc2)cc2ccccc2c1-c1c(OS(=O)(=O)C(F)(F)F)c(-c2ccccc2)cc2ccccc12)C(F)(F)F. The van der Waals surface area contributed by atoms with Crippen molar-refractivity contribution in [3.8, 4) is 78.3 Å². The summed E-state index contributed by atoms with van der Waals surface area (Å²) in [5, 5.41) is 5.81. The first-order valence-electron chi connectivity index (χ1n) is 25.7. The molecular weight excluding hydrogens is 1090 g/mol. The first kappa shape index (κ1) is 54.7. The Balaban J connectivity index is 0.000000182. The van der Waals surface area contributed by atoms with E-state index in [4.69, 9.17) is 8.37 Å². The quantitative estimate of drug-likeness (QED) is 0.0770. The lowest BCUT2D eigenvalue weighted by molar-refractivity contribution is -0.0505. The Morgan fingerprint density at radius 3 is 0.780 bits per heavy atom. The third-order valence-electron chi connectivity index (χ3n) is 14.4. The molecule has 0 amide bonds. The van der Waals surface area contributed by atoms with Crippen molar-refractivity contribution in [3.05, 3.63) is 254 Å². The maximum Gasteiger partial charge on any atom is 0.534 e. The Morgan fingerprint density at radius 1 is 0.293 bits per heavy atom. The minimum absolute atomic E-state index is 0.0224. The average molecular weight is 1140 g/mol. The van der Waals surface area contributed by atoms with Crippen molar-refractivity contribution < 1.29 is 51.5 Å². The summed E-state index contributed by atoms with van der Waals surface area (Å²) < 4.78 is 144. The fourth-order valence-corrected chi connectivity index (χ4v) is 11.7. The monoisotopic (exact) mass is 1140 g/mol. The minimum atomic E-state index is -6.41. The summed E-state index contributed by atoms with van der Waals surface area (Å²) in [5.74, 6) is -1.83. The maximum atomic E-state index is 13.9. The molecule has 12 aromatic carbocycles. The van der Waals surface area contributed by atoms with Crippen molar-refractivity contribution in [2.24, 2.45) is 0 Å². The summed E-state index contributed by atoms with van der Waals surface area (Å²) in [6.45, 7) is 4.57.